The third kappa shape index (κ3) is 5.78. The third-order valence-corrected chi connectivity index (χ3v) is 3.93. The van der Waals surface area contributed by atoms with E-state index in [2.05, 4.69) is 16.5 Å². The van der Waals surface area contributed by atoms with Crippen LogP contribution in [0.2, 0.25) is 0 Å². The molecule has 1 aromatic carbocycles. The van der Waals surface area contributed by atoms with Crippen LogP contribution >= 0.6 is 0 Å². The third-order valence-electron chi connectivity index (χ3n) is 3.93. The fraction of sp³-hybridized carbons (Fsp3) is 0.286. The maximum atomic E-state index is 12.4. The van der Waals surface area contributed by atoms with E-state index in [-0.39, 0.29) is 12.0 Å². The molecule has 0 saturated heterocycles. The molecular weight excluding hydrogens is 370 g/mol. The second-order valence-corrected chi connectivity index (χ2v) is 6.08. The summed E-state index contributed by atoms with van der Waals surface area (Å²) in [5.74, 6) is -1.33. The van der Waals surface area contributed by atoms with Crippen LogP contribution in [0.1, 0.15) is 25.8 Å². The molecule has 8 nitrogen and oxygen atoms in total. The number of nitrogens with one attached hydrogen (secondary N) is 1. The number of ether oxygens (including phenoxy) is 1. The van der Waals surface area contributed by atoms with Crippen molar-refractivity contribution < 1.29 is 14.3 Å². The largest absolute Gasteiger partial charge is 0.448 e. The zero-order valence-electron chi connectivity index (χ0n) is 16.3. The van der Waals surface area contributed by atoms with Gasteiger partial charge in [0.1, 0.15) is 11.6 Å². The topological polar surface area (TPSA) is 121 Å². The summed E-state index contributed by atoms with van der Waals surface area (Å²) in [6, 6.07) is 13.2. The van der Waals surface area contributed by atoms with Crippen molar-refractivity contribution in [3.63, 3.8) is 0 Å². The van der Waals surface area contributed by atoms with Crippen LogP contribution in [0.3, 0.4) is 0 Å². The molecule has 0 aliphatic carbocycles. The second kappa shape index (κ2) is 10.4. The number of rotatable bonds is 8. The molecule has 0 fully saturated rings. The molecule has 0 aliphatic rings. The molecule has 29 heavy (non-hydrogen) atoms. The normalized spacial score (nSPS) is 11.8. The van der Waals surface area contributed by atoms with Crippen molar-refractivity contribution in [2.75, 3.05) is 6.54 Å². The lowest BCUT2D eigenvalue weighted by Crippen LogP contribution is -2.35. The highest BCUT2D eigenvalue weighted by atomic mass is 16.5. The van der Waals surface area contributed by atoms with Gasteiger partial charge in [0, 0.05) is 23.9 Å². The van der Waals surface area contributed by atoms with Gasteiger partial charge < -0.3 is 10.1 Å². The quantitative estimate of drug-likeness (QED) is 0.419. The Labute approximate surface area is 169 Å². The van der Waals surface area contributed by atoms with E-state index in [0.717, 1.165) is 5.56 Å². The number of nitrogens with zero attached hydrogens (tertiary/aromatic N) is 4. The molecule has 2 rings (SSSR count). The van der Waals surface area contributed by atoms with Crippen molar-refractivity contribution >= 4 is 18.0 Å². The number of amides is 1. The standard InChI is InChI=1S/C21H21N5O3/c1-3-24-20(27)15(2)29-21(28)17(13-23)12-18-14-26(11-7-10-22)25-19(18)16-8-5-4-6-9-16/h4-6,8-9,12,14-15H,3,7,11H2,1-2H3,(H,24,27)/b17-12+/t15-/m1/s1. The lowest BCUT2D eigenvalue weighted by molar-refractivity contribution is -0.150. The number of likely N-dealkylation sites (N-methyl/N-ethyl adjacent to an activating group) is 1. The van der Waals surface area contributed by atoms with Gasteiger partial charge in [-0.2, -0.15) is 15.6 Å². The van der Waals surface area contributed by atoms with E-state index in [0.29, 0.717) is 24.3 Å². The molecule has 0 unspecified atom stereocenters. The van der Waals surface area contributed by atoms with Crippen molar-refractivity contribution in [1.29, 1.82) is 10.5 Å². The van der Waals surface area contributed by atoms with Gasteiger partial charge >= 0.3 is 5.97 Å². The molecule has 148 valence electrons. The number of esters is 1. The first kappa shape index (κ1) is 21.4. The van der Waals surface area contributed by atoms with E-state index in [1.54, 1.807) is 17.8 Å². The van der Waals surface area contributed by atoms with Crippen LogP contribution in [0.4, 0.5) is 0 Å². The summed E-state index contributed by atoms with van der Waals surface area (Å²) in [4.78, 5) is 24.1. The monoisotopic (exact) mass is 391 g/mol. The van der Waals surface area contributed by atoms with Gasteiger partial charge in [0.05, 0.1) is 24.7 Å². The summed E-state index contributed by atoms with van der Waals surface area (Å²) in [5, 5.41) is 25.3. The van der Waals surface area contributed by atoms with Crippen molar-refractivity contribution in [3.05, 3.63) is 47.7 Å². The minimum Gasteiger partial charge on any atom is -0.448 e. The second-order valence-electron chi connectivity index (χ2n) is 6.08. The van der Waals surface area contributed by atoms with Gasteiger partial charge in [0.15, 0.2) is 6.10 Å². The van der Waals surface area contributed by atoms with Gasteiger partial charge in [-0.25, -0.2) is 4.79 Å². The molecule has 8 heteroatoms. The number of benzene rings is 1. The molecule has 0 radical (unpaired) electrons. The Hall–Kier alpha value is -3.91. The average Bonchev–Trinajstić information content (AvgIpc) is 3.13. The van der Waals surface area contributed by atoms with E-state index in [1.165, 1.54) is 13.0 Å². The van der Waals surface area contributed by atoms with Crippen molar-refractivity contribution in [1.82, 2.24) is 15.1 Å². The van der Waals surface area contributed by atoms with Crippen molar-refractivity contribution in [3.8, 4) is 23.4 Å². The fourth-order valence-corrected chi connectivity index (χ4v) is 2.53. The van der Waals surface area contributed by atoms with Crippen LogP contribution in [0.15, 0.2) is 42.1 Å². The van der Waals surface area contributed by atoms with Crippen LogP contribution < -0.4 is 5.32 Å². The van der Waals surface area contributed by atoms with Gasteiger partial charge in [-0.3, -0.25) is 9.48 Å². The van der Waals surface area contributed by atoms with Gasteiger partial charge in [0.2, 0.25) is 0 Å². The zero-order chi connectivity index (χ0) is 21.2. The summed E-state index contributed by atoms with van der Waals surface area (Å²) in [6.07, 6.45) is 2.30. The Morgan fingerprint density at radius 2 is 2.03 bits per heavy atom. The number of nitriles is 2. The van der Waals surface area contributed by atoms with E-state index in [9.17, 15) is 14.9 Å². The smallest absolute Gasteiger partial charge is 0.349 e. The van der Waals surface area contributed by atoms with Crippen LogP contribution in [-0.4, -0.2) is 34.3 Å². The molecule has 0 saturated carbocycles. The molecule has 2 aromatic rings. The maximum absolute atomic E-state index is 12.4. The molecule has 1 aromatic heterocycles. The number of carbonyl (C=O) groups excluding carboxylic acids is 2. The zero-order valence-corrected chi connectivity index (χ0v) is 16.3. The molecule has 1 N–H and O–H groups in total. The van der Waals surface area contributed by atoms with Crippen LogP contribution in [0.5, 0.6) is 0 Å². The van der Waals surface area contributed by atoms with Crippen LogP contribution in [-0.2, 0) is 20.9 Å². The number of aromatic nitrogens is 2. The number of hydrogen-bond donors (Lipinski definition) is 1. The first-order valence-corrected chi connectivity index (χ1v) is 9.10. The van der Waals surface area contributed by atoms with Gasteiger partial charge in [-0.15, -0.1) is 0 Å². The Morgan fingerprint density at radius 1 is 1.31 bits per heavy atom. The lowest BCUT2D eigenvalue weighted by atomic mass is 10.1. The van der Waals surface area contributed by atoms with E-state index < -0.39 is 18.0 Å². The van der Waals surface area contributed by atoms with Crippen LogP contribution in [0, 0.1) is 22.7 Å². The molecular formula is C21H21N5O3. The highest BCUT2D eigenvalue weighted by Crippen LogP contribution is 2.24. The lowest BCUT2D eigenvalue weighted by Gasteiger charge is -2.12. The minimum atomic E-state index is -1.02. The highest BCUT2D eigenvalue weighted by Gasteiger charge is 2.21. The van der Waals surface area contributed by atoms with Gasteiger partial charge in [-0.05, 0) is 19.9 Å². The summed E-state index contributed by atoms with van der Waals surface area (Å²) in [5.41, 5.74) is 1.66. The first-order chi connectivity index (χ1) is 14.0. The summed E-state index contributed by atoms with van der Waals surface area (Å²) < 4.78 is 6.69. The molecule has 1 atom stereocenters. The SMILES string of the molecule is CCNC(=O)[C@@H](C)OC(=O)/C(C#N)=C/c1cn(CCC#N)nc1-c1ccccc1. The highest BCUT2D eigenvalue weighted by molar-refractivity contribution is 6.00. The Morgan fingerprint density at radius 3 is 2.66 bits per heavy atom. The minimum absolute atomic E-state index is 0.252. The Bertz CT molecular complexity index is 980. The molecule has 1 amide bonds. The van der Waals surface area contributed by atoms with Crippen molar-refractivity contribution in [2.45, 2.75) is 32.9 Å². The number of aryl methyl sites for hydroxylation is 1. The van der Waals surface area contributed by atoms with Crippen LogP contribution in [0.25, 0.3) is 17.3 Å². The molecule has 0 spiro atoms. The van der Waals surface area contributed by atoms with Gasteiger partial charge in [0.25, 0.3) is 5.91 Å². The molecule has 1 heterocycles. The number of carbonyl (C=O) groups is 2. The fourth-order valence-electron chi connectivity index (χ4n) is 2.53. The summed E-state index contributed by atoms with van der Waals surface area (Å²) in [7, 11) is 0. The first-order valence-electron chi connectivity index (χ1n) is 9.10. The van der Waals surface area contributed by atoms with E-state index in [1.807, 2.05) is 36.4 Å². The van der Waals surface area contributed by atoms with E-state index >= 15 is 0 Å². The summed E-state index contributed by atoms with van der Waals surface area (Å²) in [6.45, 7) is 3.98. The Balaban J connectivity index is 2.35. The van der Waals surface area contributed by atoms with Gasteiger partial charge in [-0.1, -0.05) is 30.3 Å². The van der Waals surface area contributed by atoms with Crippen molar-refractivity contribution in [2.24, 2.45) is 0 Å². The predicted octanol–water partition coefficient (Wildman–Crippen LogP) is 2.44. The average molecular weight is 391 g/mol. The number of hydrogen-bond acceptors (Lipinski definition) is 6. The van der Waals surface area contributed by atoms with E-state index in [4.69, 9.17) is 10.00 Å². The molecule has 0 aliphatic heterocycles. The summed E-state index contributed by atoms with van der Waals surface area (Å²) >= 11 is 0. The Kier molecular flexibility index (Phi) is 7.69. The predicted molar refractivity (Wildman–Crippen MR) is 106 cm³/mol. The molecule has 0 bridgehead atoms. The maximum Gasteiger partial charge on any atom is 0.349 e.